The number of fused-ring (bicyclic) bond motifs is 3. The first kappa shape index (κ1) is 29.2. The lowest BCUT2D eigenvalue weighted by Crippen LogP contribution is -2.74. The van der Waals surface area contributed by atoms with Gasteiger partial charge in [-0.05, 0) is 71.5 Å². The van der Waals surface area contributed by atoms with Gasteiger partial charge >= 0.3 is 0 Å². The highest BCUT2D eigenvalue weighted by Gasteiger charge is 2.41. The molecule has 1 nitrogen and oxygen atoms in total. The molecule has 1 heterocycles. The van der Waals surface area contributed by atoms with Gasteiger partial charge in [0.2, 0.25) is 0 Å². The van der Waals surface area contributed by atoms with Crippen LogP contribution >= 0.6 is 0 Å². The first-order chi connectivity index (χ1) is 24.3. The molecule has 2 heteroatoms. The normalized spacial score (nSPS) is 12.7. The Balaban J connectivity index is 1.37. The number of furan rings is 1. The van der Waals surface area contributed by atoms with Crippen molar-refractivity contribution in [3.05, 3.63) is 227 Å². The molecule has 49 heavy (non-hydrogen) atoms. The van der Waals surface area contributed by atoms with Crippen LogP contribution < -0.4 is 31.2 Å². The van der Waals surface area contributed by atoms with Crippen LogP contribution in [0.1, 0.15) is 22.3 Å². The Morgan fingerprint density at radius 1 is 0.429 bits per heavy atom. The number of hydrogen-bond acceptors (Lipinski definition) is 1. The van der Waals surface area contributed by atoms with E-state index < -0.39 is 8.07 Å². The Morgan fingerprint density at radius 2 is 0.959 bits per heavy atom. The third kappa shape index (κ3) is 4.84. The Kier molecular flexibility index (Phi) is 7.30. The summed E-state index contributed by atoms with van der Waals surface area (Å²) in [6.45, 7) is 0. The van der Waals surface area contributed by atoms with Crippen molar-refractivity contribution in [2.24, 2.45) is 0 Å². The average Bonchev–Trinajstić information content (AvgIpc) is 3.54. The molecule has 1 aromatic heterocycles. The quantitative estimate of drug-likeness (QED) is 0.144. The first-order valence-corrected chi connectivity index (χ1v) is 19.0. The van der Waals surface area contributed by atoms with Gasteiger partial charge in [0.1, 0.15) is 5.58 Å². The van der Waals surface area contributed by atoms with E-state index in [9.17, 15) is 0 Å². The molecule has 232 valence electrons. The zero-order valence-electron chi connectivity index (χ0n) is 27.1. The SMILES string of the molecule is c1ccc(C2=c3ccccc3=C(c3coc4ccc([Si](c5ccccc5)(c5ccccc5)c5ccccc5)cc34)Cc3ccccc32)cc1. The molecule has 0 N–H and O–H groups in total. The van der Waals surface area contributed by atoms with Crippen LogP contribution in [-0.2, 0) is 6.42 Å². The summed E-state index contributed by atoms with van der Waals surface area (Å²) in [5.41, 5.74) is 8.46. The van der Waals surface area contributed by atoms with Crippen molar-refractivity contribution >= 4 is 50.9 Å². The highest BCUT2D eigenvalue weighted by atomic mass is 28.3. The molecule has 0 aliphatic heterocycles. The maximum atomic E-state index is 6.43. The van der Waals surface area contributed by atoms with Gasteiger partial charge in [0.05, 0.1) is 6.26 Å². The zero-order valence-corrected chi connectivity index (χ0v) is 28.1. The van der Waals surface area contributed by atoms with E-state index in [1.54, 1.807) is 0 Å². The van der Waals surface area contributed by atoms with Gasteiger partial charge in [0, 0.05) is 10.9 Å². The molecule has 9 rings (SSSR count). The lowest BCUT2D eigenvalue weighted by molar-refractivity contribution is 0.614. The number of hydrogen-bond donors (Lipinski definition) is 0. The van der Waals surface area contributed by atoms with Gasteiger partial charge in [-0.3, -0.25) is 0 Å². The fourth-order valence-corrected chi connectivity index (χ4v) is 12.8. The van der Waals surface area contributed by atoms with Crippen molar-refractivity contribution < 1.29 is 4.42 Å². The van der Waals surface area contributed by atoms with Crippen molar-refractivity contribution in [2.75, 3.05) is 0 Å². The standard InChI is InChI=1S/C47H34OSi/c1-5-17-34(18-6-1)47-40-26-14-13-19-35(40)31-43(41-27-15-16-28-42(41)47)45-33-48-46-30-29-39(32-44(45)46)49(36-20-7-2-8-21-36,37-22-9-3-10-23-37)38-24-11-4-12-25-38/h1-30,32-33H,31H2. The van der Waals surface area contributed by atoms with Crippen LogP contribution in [-0.4, -0.2) is 8.07 Å². The van der Waals surface area contributed by atoms with Gasteiger partial charge in [-0.1, -0.05) is 182 Å². The van der Waals surface area contributed by atoms with Crippen molar-refractivity contribution in [3.63, 3.8) is 0 Å². The minimum Gasteiger partial charge on any atom is -0.464 e. The minimum absolute atomic E-state index is 0.807. The van der Waals surface area contributed by atoms with Crippen LogP contribution in [0.4, 0.5) is 0 Å². The van der Waals surface area contributed by atoms with Gasteiger partial charge in [-0.2, -0.15) is 0 Å². The second-order valence-corrected chi connectivity index (χ2v) is 16.6. The highest BCUT2D eigenvalue weighted by molar-refractivity contribution is 7.20. The molecule has 0 amide bonds. The van der Waals surface area contributed by atoms with E-state index in [0.29, 0.717) is 0 Å². The van der Waals surface area contributed by atoms with Crippen LogP contribution in [0.25, 0.3) is 22.1 Å². The average molecular weight is 643 g/mol. The van der Waals surface area contributed by atoms with Crippen LogP contribution in [0.3, 0.4) is 0 Å². The molecule has 1 aliphatic carbocycles. The predicted molar refractivity (Wildman–Crippen MR) is 206 cm³/mol. The topological polar surface area (TPSA) is 13.1 Å². The van der Waals surface area contributed by atoms with Gasteiger partial charge < -0.3 is 4.42 Å². The monoisotopic (exact) mass is 642 g/mol. The summed E-state index contributed by atoms with van der Waals surface area (Å²) in [5.74, 6) is 0. The van der Waals surface area contributed by atoms with Gasteiger partial charge in [0.15, 0.2) is 8.07 Å². The number of benzene rings is 7. The molecule has 0 unspecified atom stereocenters. The summed E-state index contributed by atoms with van der Waals surface area (Å²) < 4.78 is 6.43. The molecule has 0 saturated carbocycles. The Hall–Kier alpha value is -5.96. The number of rotatable bonds is 6. The summed E-state index contributed by atoms with van der Waals surface area (Å²) in [6.07, 6.45) is 2.80. The van der Waals surface area contributed by atoms with Crippen molar-refractivity contribution in [1.82, 2.24) is 0 Å². The molecule has 0 atom stereocenters. The second-order valence-electron chi connectivity index (χ2n) is 12.8. The first-order valence-electron chi connectivity index (χ1n) is 17.0. The Morgan fingerprint density at radius 3 is 1.59 bits per heavy atom. The van der Waals surface area contributed by atoms with E-state index in [0.717, 1.165) is 23.0 Å². The van der Waals surface area contributed by atoms with E-state index in [2.05, 4.69) is 188 Å². The maximum Gasteiger partial charge on any atom is 0.179 e. The molecule has 0 spiro atoms. The smallest absolute Gasteiger partial charge is 0.179 e. The van der Waals surface area contributed by atoms with E-state index in [1.165, 1.54) is 59.0 Å². The van der Waals surface area contributed by atoms with Crippen molar-refractivity contribution in [1.29, 1.82) is 0 Å². The molecule has 0 bridgehead atoms. The van der Waals surface area contributed by atoms with Crippen LogP contribution in [0.15, 0.2) is 199 Å². The lowest BCUT2D eigenvalue weighted by atomic mass is 9.91. The van der Waals surface area contributed by atoms with E-state index in [1.807, 2.05) is 6.26 Å². The Labute approximate surface area is 287 Å². The molecule has 0 saturated heterocycles. The third-order valence-electron chi connectivity index (χ3n) is 10.2. The summed E-state index contributed by atoms with van der Waals surface area (Å²) in [5, 5.41) is 9.08. The van der Waals surface area contributed by atoms with E-state index in [-0.39, 0.29) is 0 Å². The van der Waals surface area contributed by atoms with Crippen LogP contribution in [0, 0.1) is 0 Å². The minimum atomic E-state index is -2.71. The molecule has 0 fully saturated rings. The van der Waals surface area contributed by atoms with Crippen molar-refractivity contribution in [3.8, 4) is 0 Å². The van der Waals surface area contributed by atoms with Crippen LogP contribution in [0.2, 0.25) is 0 Å². The maximum absolute atomic E-state index is 6.43. The predicted octanol–water partition coefficient (Wildman–Crippen LogP) is 6.81. The lowest BCUT2D eigenvalue weighted by Gasteiger charge is -2.34. The molecular weight excluding hydrogens is 609 g/mol. The second kappa shape index (κ2) is 12.2. The fraction of sp³-hybridized carbons (Fsp3) is 0.0213. The van der Waals surface area contributed by atoms with Gasteiger partial charge in [-0.15, -0.1) is 0 Å². The molecule has 8 aromatic rings. The van der Waals surface area contributed by atoms with Crippen molar-refractivity contribution in [2.45, 2.75) is 6.42 Å². The van der Waals surface area contributed by atoms with Gasteiger partial charge in [-0.25, -0.2) is 0 Å². The fourth-order valence-electron chi connectivity index (χ4n) is 8.03. The summed E-state index contributed by atoms with van der Waals surface area (Å²) in [6, 6.07) is 69.0. The molecular formula is C47H34OSi. The summed E-state index contributed by atoms with van der Waals surface area (Å²) in [7, 11) is -2.71. The summed E-state index contributed by atoms with van der Waals surface area (Å²) >= 11 is 0. The molecule has 7 aromatic carbocycles. The molecule has 1 aliphatic rings. The third-order valence-corrected chi connectivity index (χ3v) is 15.0. The molecule has 0 radical (unpaired) electrons. The zero-order chi connectivity index (χ0) is 32.6. The van der Waals surface area contributed by atoms with E-state index >= 15 is 0 Å². The van der Waals surface area contributed by atoms with Gasteiger partial charge in [0.25, 0.3) is 0 Å². The van der Waals surface area contributed by atoms with Crippen LogP contribution in [0.5, 0.6) is 0 Å². The highest BCUT2D eigenvalue weighted by Crippen LogP contribution is 2.32. The largest absolute Gasteiger partial charge is 0.464 e. The summed E-state index contributed by atoms with van der Waals surface area (Å²) in [4.78, 5) is 0. The Bertz CT molecular complexity index is 2450. The van der Waals surface area contributed by atoms with E-state index in [4.69, 9.17) is 4.42 Å².